The van der Waals surface area contributed by atoms with E-state index in [2.05, 4.69) is 22.3 Å². The quantitative estimate of drug-likeness (QED) is 0.882. The predicted molar refractivity (Wildman–Crippen MR) is 94.5 cm³/mol. The molecule has 124 valence electrons. The summed E-state index contributed by atoms with van der Waals surface area (Å²) >= 11 is 0. The molecule has 24 heavy (non-hydrogen) atoms. The molecule has 2 aliphatic heterocycles. The summed E-state index contributed by atoms with van der Waals surface area (Å²) in [6.45, 7) is 1.84. The third kappa shape index (κ3) is 2.89. The number of rotatable bonds is 3. The number of esters is 1. The highest BCUT2D eigenvalue weighted by atomic mass is 16.5. The Labute approximate surface area is 142 Å². The van der Waals surface area contributed by atoms with Crippen molar-refractivity contribution >= 4 is 17.3 Å². The van der Waals surface area contributed by atoms with Crippen LogP contribution in [0.3, 0.4) is 0 Å². The Hall–Kier alpha value is -2.33. The van der Waals surface area contributed by atoms with Gasteiger partial charge in [-0.2, -0.15) is 0 Å². The summed E-state index contributed by atoms with van der Waals surface area (Å²) in [5, 5.41) is 3.30. The fourth-order valence-electron chi connectivity index (χ4n) is 3.64. The van der Waals surface area contributed by atoms with Crippen molar-refractivity contribution in [3.8, 4) is 0 Å². The van der Waals surface area contributed by atoms with Crippen molar-refractivity contribution in [2.24, 2.45) is 0 Å². The third-order valence-electron chi connectivity index (χ3n) is 4.85. The second kappa shape index (κ2) is 6.65. The second-order valence-corrected chi connectivity index (χ2v) is 6.44. The highest BCUT2D eigenvalue weighted by Gasteiger charge is 2.37. The van der Waals surface area contributed by atoms with Gasteiger partial charge in [0.25, 0.3) is 0 Å². The monoisotopic (exact) mass is 322 g/mol. The Morgan fingerprint density at radius 1 is 1.00 bits per heavy atom. The molecular weight excluding hydrogens is 300 g/mol. The molecule has 0 spiro atoms. The summed E-state index contributed by atoms with van der Waals surface area (Å²) in [7, 11) is 0. The van der Waals surface area contributed by atoms with Crippen molar-refractivity contribution in [2.45, 2.75) is 31.4 Å². The Balaban J connectivity index is 1.60. The lowest BCUT2D eigenvalue weighted by Crippen LogP contribution is -2.41. The number of fused-ring (bicyclic) bond motifs is 1. The molecule has 0 aliphatic carbocycles. The lowest BCUT2D eigenvalue weighted by atomic mass is 10.1. The van der Waals surface area contributed by atoms with Gasteiger partial charge >= 0.3 is 5.97 Å². The third-order valence-corrected chi connectivity index (χ3v) is 4.85. The van der Waals surface area contributed by atoms with E-state index in [-0.39, 0.29) is 18.1 Å². The number of nitrogens with zero attached hydrogens (tertiary/aromatic N) is 1. The summed E-state index contributed by atoms with van der Waals surface area (Å²) in [6, 6.07) is 18.1. The molecule has 4 heteroatoms. The van der Waals surface area contributed by atoms with Gasteiger partial charge in [0.05, 0.1) is 0 Å². The molecule has 4 nitrogen and oxygen atoms in total. The van der Waals surface area contributed by atoms with Crippen LogP contribution in [0, 0.1) is 0 Å². The summed E-state index contributed by atoms with van der Waals surface area (Å²) in [5.41, 5.74) is 3.35. The molecule has 2 aromatic carbocycles. The Bertz CT molecular complexity index is 711. The van der Waals surface area contributed by atoms with Crippen LogP contribution in [0.5, 0.6) is 0 Å². The van der Waals surface area contributed by atoms with E-state index in [1.54, 1.807) is 0 Å². The van der Waals surface area contributed by atoms with Gasteiger partial charge in [-0.25, -0.2) is 4.79 Å². The zero-order valence-electron chi connectivity index (χ0n) is 13.7. The van der Waals surface area contributed by atoms with Gasteiger partial charge < -0.3 is 15.0 Å². The van der Waals surface area contributed by atoms with E-state index in [0.717, 1.165) is 37.3 Å². The maximum atomic E-state index is 12.9. The van der Waals surface area contributed by atoms with Crippen LogP contribution in [-0.2, 0) is 16.0 Å². The normalized spacial score (nSPS) is 20.7. The number of nitrogens with one attached hydrogen (secondary N) is 1. The Kier molecular flexibility index (Phi) is 4.22. The lowest BCUT2D eigenvalue weighted by molar-refractivity contribution is -0.151. The van der Waals surface area contributed by atoms with Gasteiger partial charge in [-0.3, -0.25) is 0 Å². The number of anilines is 2. The first-order valence-corrected chi connectivity index (χ1v) is 8.66. The first-order valence-electron chi connectivity index (χ1n) is 8.66. The molecule has 1 unspecified atom stereocenters. The van der Waals surface area contributed by atoms with E-state index in [0.29, 0.717) is 6.42 Å². The number of carbonyl (C=O) groups excluding carboxylic acids is 1. The fraction of sp³-hybridized carbons (Fsp3) is 0.350. The molecule has 1 fully saturated rings. The second-order valence-electron chi connectivity index (χ2n) is 6.44. The van der Waals surface area contributed by atoms with Gasteiger partial charge in [0.2, 0.25) is 0 Å². The average molecular weight is 322 g/mol. The van der Waals surface area contributed by atoms with Crippen molar-refractivity contribution < 1.29 is 9.53 Å². The SMILES string of the molecule is O=C(OC1CCNCC1)C1Cc2ccccc2N1c1ccccc1. The minimum Gasteiger partial charge on any atom is -0.461 e. The van der Waals surface area contributed by atoms with Crippen molar-refractivity contribution in [1.29, 1.82) is 0 Å². The molecule has 2 heterocycles. The topological polar surface area (TPSA) is 41.6 Å². The number of hydrogen-bond donors (Lipinski definition) is 1. The first kappa shape index (κ1) is 15.2. The minimum atomic E-state index is -0.278. The van der Waals surface area contributed by atoms with E-state index < -0.39 is 0 Å². The van der Waals surface area contributed by atoms with Gasteiger partial charge in [-0.15, -0.1) is 0 Å². The first-order chi connectivity index (χ1) is 11.8. The molecular formula is C20H22N2O2. The van der Waals surface area contributed by atoms with Crippen LogP contribution in [0.1, 0.15) is 18.4 Å². The van der Waals surface area contributed by atoms with Crippen molar-refractivity contribution in [2.75, 3.05) is 18.0 Å². The van der Waals surface area contributed by atoms with Gasteiger partial charge in [0.15, 0.2) is 0 Å². The number of benzene rings is 2. The minimum absolute atomic E-state index is 0.0417. The van der Waals surface area contributed by atoms with E-state index in [1.807, 2.05) is 42.5 Å². The van der Waals surface area contributed by atoms with E-state index in [4.69, 9.17) is 4.74 Å². The van der Waals surface area contributed by atoms with Crippen LogP contribution in [0.25, 0.3) is 0 Å². The molecule has 0 radical (unpaired) electrons. The van der Waals surface area contributed by atoms with Crippen LogP contribution in [0.15, 0.2) is 54.6 Å². The fourth-order valence-corrected chi connectivity index (χ4v) is 3.64. The Morgan fingerprint density at radius 2 is 1.71 bits per heavy atom. The number of piperidine rings is 1. The molecule has 2 aliphatic rings. The maximum absolute atomic E-state index is 12.9. The summed E-state index contributed by atoms with van der Waals surface area (Å²) in [5.74, 6) is -0.109. The van der Waals surface area contributed by atoms with Crippen LogP contribution in [0.2, 0.25) is 0 Å². The van der Waals surface area contributed by atoms with Crippen molar-refractivity contribution in [3.05, 3.63) is 60.2 Å². The molecule has 2 aromatic rings. The van der Waals surface area contributed by atoms with Crippen LogP contribution >= 0.6 is 0 Å². The standard InChI is InChI=1S/C20H22N2O2/c23-20(24-17-10-12-21-13-11-17)19-14-15-6-4-5-9-18(15)22(19)16-7-2-1-3-8-16/h1-9,17,19,21H,10-14H2. The van der Waals surface area contributed by atoms with Crippen LogP contribution < -0.4 is 10.2 Å². The molecule has 1 saturated heterocycles. The van der Waals surface area contributed by atoms with Crippen molar-refractivity contribution in [3.63, 3.8) is 0 Å². The number of hydrogen-bond acceptors (Lipinski definition) is 4. The smallest absolute Gasteiger partial charge is 0.329 e. The Morgan fingerprint density at radius 3 is 2.50 bits per heavy atom. The van der Waals surface area contributed by atoms with Gasteiger partial charge in [0.1, 0.15) is 12.1 Å². The highest BCUT2D eigenvalue weighted by Crippen LogP contribution is 2.38. The number of ether oxygens (including phenoxy) is 1. The molecule has 0 bridgehead atoms. The van der Waals surface area contributed by atoms with E-state index in [9.17, 15) is 4.79 Å². The molecule has 0 saturated carbocycles. The summed E-state index contributed by atoms with van der Waals surface area (Å²) in [4.78, 5) is 15.0. The molecule has 4 rings (SSSR count). The molecule has 0 amide bonds. The van der Waals surface area contributed by atoms with Gasteiger partial charge in [0, 0.05) is 17.8 Å². The summed E-state index contributed by atoms with van der Waals surface area (Å²) in [6.07, 6.45) is 2.54. The maximum Gasteiger partial charge on any atom is 0.329 e. The van der Waals surface area contributed by atoms with Crippen molar-refractivity contribution in [1.82, 2.24) is 5.32 Å². The van der Waals surface area contributed by atoms with Gasteiger partial charge in [-0.05, 0) is 49.7 Å². The van der Waals surface area contributed by atoms with Gasteiger partial charge in [-0.1, -0.05) is 36.4 Å². The molecule has 1 N–H and O–H groups in total. The zero-order valence-corrected chi connectivity index (χ0v) is 13.7. The number of carbonyl (C=O) groups is 1. The van der Waals surface area contributed by atoms with E-state index >= 15 is 0 Å². The van der Waals surface area contributed by atoms with Crippen LogP contribution in [-0.4, -0.2) is 31.2 Å². The highest BCUT2D eigenvalue weighted by molar-refractivity contribution is 5.88. The number of para-hydroxylation sites is 2. The largest absolute Gasteiger partial charge is 0.461 e. The predicted octanol–water partition coefficient (Wildman–Crippen LogP) is 3.04. The van der Waals surface area contributed by atoms with Crippen LogP contribution in [0.4, 0.5) is 11.4 Å². The lowest BCUT2D eigenvalue weighted by Gasteiger charge is -2.29. The molecule has 0 aromatic heterocycles. The summed E-state index contributed by atoms with van der Waals surface area (Å²) < 4.78 is 5.84. The average Bonchev–Trinajstić information content (AvgIpc) is 3.03. The van der Waals surface area contributed by atoms with E-state index in [1.165, 1.54) is 5.56 Å². The molecule has 1 atom stereocenters. The zero-order chi connectivity index (χ0) is 16.4.